The molecule has 0 N–H and O–H groups in total. The second-order valence-electron chi connectivity index (χ2n) is 5.51. The van der Waals surface area contributed by atoms with Gasteiger partial charge in [-0.15, -0.1) is 0 Å². The molecule has 0 radical (unpaired) electrons. The van der Waals surface area contributed by atoms with Gasteiger partial charge < -0.3 is 0 Å². The van der Waals surface area contributed by atoms with Gasteiger partial charge in [0.1, 0.15) is 0 Å². The van der Waals surface area contributed by atoms with Crippen LogP contribution >= 0.6 is 15.9 Å². The smallest absolute Gasteiger partial charge is 0.0285 e. The van der Waals surface area contributed by atoms with Gasteiger partial charge in [0.05, 0.1) is 0 Å². The lowest BCUT2D eigenvalue weighted by Crippen LogP contribution is -1.99. The first-order chi connectivity index (χ1) is 10.9. The molecule has 3 rings (SSSR count). The Bertz CT molecular complexity index is 732. The van der Waals surface area contributed by atoms with Crippen molar-refractivity contribution in [3.8, 4) is 0 Å². The van der Waals surface area contributed by atoms with Crippen LogP contribution in [-0.2, 0) is 18.2 Å². The molecule has 3 aromatic carbocycles. The summed E-state index contributed by atoms with van der Waals surface area (Å²) in [7, 11) is 0. The maximum absolute atomic E-state index is 3.59. The standard InChI is InChI=1S/C21H19Br/c22-16-21-13-7-6-12-20(21)15-19-11-5-4-10-18(19)14-17-8-2-1-3-9-17/h1-13H,14-16H2. The van der Waals surface area contributed by atoms with Crippen LogP contribution in [0.3, 0.4) is 0 Å². The molecule has 0 spiro atoms. The van der Waals surface area contributed by atoms with E-state index in [0.717, 1.165) is 18.2 Å². The molecule has 22 heavy (non-hydrogen) atoms. The predicted octanol–water partition coefficient (Wildman–Crippen LogP) is 5.76. The van der Waals surface area contributed by atoms with E-state index in [1.54, 1.807) is 0 Å². The van der Waals surface area contributed by atoms with Gasteiger partial charge in [-0.2, -0.15) is 0 Å². The molecule has 0 unspecified atom stereocenters. The average molecular weight is 351 g/mol. The van der Waals surface area contributed by atoms with Crippen molar-refractivity contribution in [2.45, 2.75) is 18.2 Å². The quantitative estimate of drug-likeness (QED) is 0.513. The Morgan fingerprint density at radius 3 is 1.55 bits per heavy atom. The van der Waals surface area contributed by atoms with Crippen molar-refractivity contribution in [1.29, 1.82) is 0 Å². The Morgan fingerprint density at radius 1 is 0.500 bits per heavy atom. The average Bonchev–Trinajstić information content (AvgIpc) is 2.58. The highest BCUT2D eigenvalue weighted by Gasteiger charge is 2.07. The van der Waals surface area contributed by atoms with Gasteiger partial charge in [0, 0.05) is 5.33 Å². The molecule has 0 aliphatic heterocycles. The molecule has 1 heteroatoms. The van der Waals surface area contributed by atoms with E-state index in [0.29, 0.717) is 0 Å². The molecule has 3 aromatic rings. The fourth-order valence-electron chi connectivity index (χ4n) is 2.78. The first kappa shape index (κ1) is 15.1. The molecule has 0 amide bonds. The second kappa shape index (κ2) is 7.42. The summed E-state index contributed by atoms with van der Waals surface area (Å²) in [5.41, 5.74) is 6.97. The van der Waals surface area contributed by atoms with Crippen molar-refractivity contribution in [2.24, 2.45) is 0 Å². The van der Waals surface area contributed by atoms with E-state index < -0.39 is 0 Å². The second-order valence-corrected chi connectivity index (χ2v) is 6.07. The van der Waals surface area contributed by atoms with E-state index in [2.05, 4.69) is 94.8 Å². The molecule has 0 aromatic heterocycles. The summed E-state index contributed by atoms with van der Waals surface area (Å²) in [6, 6.07) is 28.1. The zero-order valence-electron chi connectivity index (χ0n) is 12.5. The lowest BCUT2D eigenvalue weighted by Gasteiger charge is -2.12. The number of hydrogen-bond acceptors (Lipinski definition) is 0. The fourth-order valence-corrected chi connectivity index (χ4v) is 3.33. The lowest BCUT2D eigenvalue weighted by atomic mass is 9.94. The maximum Gasteiger partial charge on any atom is 0.0285 e. The summed E-state index contributed by atoms with van der Waals surface area (Å²) in [6.45, 7) is 0. The van der Waals surface area contributed by atoms with Crippen molar-refractivity contribution in [1.82, 2.24) is 0 Å². The normalized spacial score (nSPS) is 10.6. The van der Waals surface area contributed by atoms with Gasteiger partial charge >= 0.3 is 0 Å². The van der Waals surface area contributed by atoms with Crippen LogP contribution in [0.5, 0.6) is 0 Å². The highest BCUT2D eigenvalue weighted by Crippen LogP contribution is 2.21. The van der Waals surface area contributed by atoms with Crippen molar-refractivity contribution >= 4 is 15.9 Å². The molecule has 0 aliphatic carbocycles. The Labute approximate surface area is 141 Å². The molecule has 0 atom stereocenters. The lowest BCUT2D eigenvalue weighted by molar-refractivity contribution is 1.08. The number of hydrogen-bond donors (Lipinski definition) is 0. The van der Waals surface area contributed by atoms with Crippen LogP contribution in [0, 0.1) is 0 Å². The zero-order valence-corrected chi connectivity index (χ0v) is 14.1. The maximum atomic E-state index is 3.59. The van der Waals surface area contributed by atoms with Crippen molar-refractivity contribution < 1.29 is 0 Å². The van der Waals surface area contributed by atoms with Crippen LogP contribution in [0.4, 0.5) is 0 Å². The summed E-state index contributed by atoms with van der Waals surface area (Å²) in [5, 5.41) is 0.907. The minimum atomic E-state index is 0.907. The topological polar surface area (TPSA) is 0 Å². The first-order valence-corrected chi connectivity index (χ1v) is 8.72. The van der Waals surface area contributed by atoms with Crippen LogP contribution in [0.1, 0.15) is 27.8 Å². The van der Waals surface area contributed by atoms with E-state index in [9.17, 15) is 0 Å². The van der Waals surface area contributed by atoms with Crippen molar-refractivity contribution in [3.05, 3.63) is 107 Å². The minimum Gasteiger partial charge on any atom is -0.0876 e. The molecule has 0 saturated heterocycles. The molecule has 0 fully saturated rings. The molecule has 110 valence electrons. The number of halogens is 1. The molecular weight excluding hydrogens is 332 g/mol. The SMILES string of the molecule is BrCc1ccccc1Cc1ccccc1Cc1ccccc1. The summed E-state index contributed by atoms with van der Waals surface area (Å²) in [5.74, 6) is 0. The zero-order chi connectivity index (χ0) is 15.2. The number of alkyl halides is 1. The van der Waals surface area contributed by atoms with Gasteiger partial charge in [-0.3, -0.25) is 0 Å². The molecule has 0 aliphatic rings. The van der Waals surface area contributed by atoms with Gasteiger partial charge in [-0.05, 0) is 40.7 Å². The van der Waals surface area contributed by atoms with Crippen molar-refractivity contribution in [3.63, 3.8) is 0 Å². The highest BCUT2D eigenvalue weighted by atomic mass is 79.9. The fraction of sp³-hybridized carbons (Fsp3) is 0.143. The van der Waals surface area contributed by atoms with E-state index in [-0.39, 0.29) is 0 Å². The molecule has 0 saturated carbocycles. The third kappa shape index (κ3) is 3.66. The van der Waals surface area contributed by atoms with Gasteiger partial charge in [0.2, 0.25) is 0 Å². The van der Waals surface area contributed by atoms with Crippen LogP contribution in [0.25, 0.3) is 0 Å². The number of benzene rings is 3. The summed E-state index contributed by atoms with van der Waals surface area (Å²) in [6.07, 6.45) is 1.98. The minimum absolute atomic E-state index is 0.907. The van der Waals surface area contributed by atoms with Gasteiger partial charge in [-0.1, -0.05) is 94.8 Å². The Hall–Kier alpha value is -1.86. The van der Waals surface area contributed by atoms with Crippen molar-refractivity contribution in [2.75, 3.05) is 0 Å². The largest absolute Gasteiger partial charge is 0.0876 e. The van der Waals surface area contributed by atoms with E-state index in [1.807, 2.05) is 0 Å². The van der Waals surface area contributed by atoms with Crippen LogP contribution in [-0.4, -0.2) is 0 Å². The first-order valence-electron chi connectivity index (χ1n) is 7.60. The predicted molar refractivity (Wildman–Crippen MR) is 97.6 cm³/mol. The van der Waals surface area contributed by atoms with E-state index in [1.165, 1.54) is 27.8 Å². The Morgan fingerprint density at radius 2 is 0.955 bits per heavy atom. The molecular formula is C21H19Br. The number of rotatable bonds is 5. The third-order valence-corrected chi connectivity index (χ3v) is 4.60. The summed E-state index contributed by atoms with van der Waals surface area (Å²) >= 11 is 3.59. The van der Waals surface area contributed by atoms with Gasteiger partial charge in [-0.25, -0.2) is 0 Å². The molecule has 0 nitrogen and oxygen atoms in total. The summed E-state index contributed by atoms with van der Waals surface area (Å²) < 4.78 is 0. The Kier molecular flexibility index (Phi) is 5.07. The molecule has 0 heterocycles. The highest BCUT2D eigenvalue weighted by molar-refractivity contribution is 9.08. The Balaban J connectivity index is 1.88. The molecule has 0 bridgehead atoms. The van der Waals surface area contributed by atoms with Gasteiger partial charge in [0.25, 0.3) is 0 Å². The monoisotopic (exact) mass is 350 g/mol. The van der Waals surface area contributed by atoms with E-state index >= 15 is 0 Å². The van der Waals surface area contributed by atoms with Crippen LogP contribution in [0.15, 0.2) is 78.9 Å². The summed E-state index contributed by atoms with van der Waals surface area (Å²) in [4.78, 5) is 0. The van der Waals surface area contributed by atoms with Crippen LogP contribution in [0.2, 0.25) is 0 Å². The van der Waals surface area contributed by atoms with Crippen LogP contribution < -0.4 is 0 Å². The third-order valence-electron chi connectivity index (χ3n) is 4.00. The van der Waals surface area contributed by atoms with Gasteiger partial charge in [0.15, 0.2) is 0 Å². The van der Waals surface area contributed by atoms with E-state index in [4.69, 9.17) is 0 Å².